The van der Waals surface area contributed by atoms with Crippen LogP contribution >= 0.6 is 15.9 Å². The molecule has 0 radical (unpaired) electrons. The summed E-state index contributed by atoms with van der Waals surface area (Å²) in [7, 11) is 0. The summed E-state index contributed by atoms with van der Waals surface area (Å²) in [5.74, 6) is -0.417. The van der Waals surface area contributed by atoms with E-state index in [1.165, 1.54) is 0 Å². The maximum absolute atomic E-state index is 12.0. The van der Waals surface area contributed by atoms with Crippen molar-refractivity contribution in [2.24, 2.45) is 5.73 Å². The zero-order valence-electron chi connectivity index (χ0n) is 14.1. The van der Waals surface area contributed by atoms with E-state index in [-0.39, 0.29) is 0 Å². The first-order chi connectivity index (χ1) is 12.6. The molecule has 3 aromatic rings. The summed E-state index contributed by atoms with van der Waals surface area (Å²) >= 11 is 3.49. The average Bonchev–Trinajstić information content (AvgIpc) is 2.65. The van der Waals surface area contributed by atoms with Crippen LogP contribution in [-0.2, 0) is 17.8 Å². The van der Waals surface area contributed by atoms with E-state index in [4.69, 9.17) is 5.73 Å². The number of primary amides is 1. The first-order valence-corrected chi connectivity index (χ1v) is 9.02. The fourth-order valence-corrected chi connectivity index (χ4v) is 3.31. The second-order valence-corrected chi connectivity index (χ2v) is 6.77. The summed E-state index contributed by atoms with van der Waals surface area (Å²) in [5, 5.41) is 3.27. The van der Waals surface area contributed by atoms with Gasteiger partial charge >= 0.3 is 0 Å². The SMILES string of the molecule is NC(=O)C(NCc1ccncc1Cc1cccnc1)c1ccccc1Br. The number of benzene rings is 1. The molecule has 6 heteroatoms. The van der Waals surface area contributed by atoms with Crippen LogP contribution < -0.4 is 11.1 Å². The van der Waals surface area contributed by atoms with Crippen molar-refractivity contribution in [3.63, 3.8) is 0 Å². The standard InChI is InChI=1S/C20H19BrN4O/c21-18-6-2-1-5-17(18)19(20(22)26)25-13-15-7-9-24-12-16(15)10-14-4-3-8-23-11-14/h1-9,11-12,19,25H,10,13H2,(H2,22,26). The number of hydrogen-bond acceptors (Lipinski definition) is 4. The van der Waals surface area contributed by atoms with Crippen LogP contribution in [0, 0.1) is 0 Å². The van der Waals surface area contributed by atoms with E-state index in [1.807, 2.05) is 54.9 Å². The highest BCUT2D eigenvalue weighted by Crippen LogP contribution is 2.24. The highest BCUT2D eigenvalue weighted by molar-refractivity contribution is 9.10. The monoisotopic (exact) mass is 410 g/mol. The Kier molecular flexibility index (Phi) is 6.09. The Morgan fingerprint density at radius 3 is 2.58 bits per heavy atom. The molecule has 0 fully saturated rings. The zero-order valence-corrected chi connectivity index (χ0v) is 15.7. The van der Waals surface area contributed by atoms with Crippen LogP contribution in [0.4, 0.5) is 0 Å². The molecule has 0 bridgehead atoms. The molecule has 1 atom stereocenters. The molecule has 0 saturated carbocycles. The molecule has 132 valence electrons. The van der Waals surface area contributed by atoms with Crippen molar-refractivity contribution < 1.29 is 4.79 Å². The Morgan fingerprint density at radius 2 is 1.85 bits per heavy atom. The van der Waals surface area contributed by atoms with Crippen molar-refractivity contribution in [1.29, 1.82) is 0 Å². The van der Waals surface area contributed by atoms with E-state index >= 15 is 0 Å². The highest BCUT2D eigenvalue weighted by Gasteiger charge is 2.19. The maximum atomic E-state index is 12.0. The Bertz CT molecular complexity index is 886. The van der Waals surface area contributed by atoms with Gasteiger partial charge in [-0.15, -0.1) is 0 Å². The lowest BCUT2D eigenvalue weighted by Gasteiger charge is -2.18. The number of carbonyl (C=O) groups is 1. The van der Waals surface area contributed by atoms with E-state index in [1.54, 1.807) is 12.4 Å². The fraction of sp³-hybridized carbons (Fsp3) is 0.150. The van der Waals surface area contributed by atoms with Gasteiger partial charge in [-0.2, -0.15) is 0 Å². The van der Waals surface area contributed by atoms with Gasteiger partial charge in [-0.3, -0.25) is 20.1 Å². The molecule has 3 rings (SSSR count). The quantitative estimate of drug-likeness (QED) is 0.626. The Balaban J connectivity index is 1.78. The van der Waals surface area contributed by atoms with Crippen molar-refractivity contribution in [2.45, 2.75) is 19.0 Å². The van der Waals surface area contributed by atoms with Crippen LogP contribution in [0.1, 0.15) is 28.3 Å². The van der Waals surface area contributed by atoms with Gasteiger partial charge in [-0.1, -0.05) is 40.2 Å². The lowest BCUT2D eigenvalue weighted by molar-refractivity contribution is -0.120. The minimum absolute atomic E-state index is 0.417. The molecule has 1 aromatic carbocycles. The Labute approximate surface area is 160 Å². The molecule has 1 amide bonds. The Morgan fingerprint density at radius 1 is 1.04 bits per heavy atom. The number of rotatable bonds is 7. The van der Waals surface area contributed by atoms with Gasteiger partial charge in [0.1, 0.15) is 6.04 Å². The number of carbonyl (C=O) groups excluding carboxylic acids is 1. The van der Waals surface area contributed by atoms with Gasteiger partial charge in [0.05, 0.1) is 0 Å². The molecule has 2 heterocycles. The van der Waals surface area contributed by atoms with Gasteiger partial charge < -0.3 is 5.73 Å². The minimum Gasteiger partial charge on any atom is -0.368 e. The second kappa shape index (κ2) is 8.69. The molecule has 1 unspecified atom stereocenters. The third-order valence-electron chi connectivity index (χ3n) is 4.12. The summed E-state index contributed by atoms with van der Waals surface area (Å²) in [6.45, 7) is 0.507. The van der Waals surface area contributed by atoms with E-state index in [9.17, 15) is 4.79 Å². The normalized spacial score (nSPS) is 11.9. The summed E-state index contributed by atoms with van der Waals surface area (Å²) in [6, 6.07) is 12.9. The van der Waals surface area contributed by atoms with E-state index < -0.39 is 11.9 Å². The van der Waals surface area contributed by atoms with Crippen molar-refractivity contribution >= 4 is 21.8 Å². The first-order valence-electron chi connectivity index (χ1n) is 8.23. The van der Waals surface area contributed by atoms with Crippen LogP contribution in [-0.4, -0.2) is 15.9 Å². The minimum atomic E-state index is -0.579. The van der Waals surface area contributed by atoms with E-state index in [2.05, 4.69) is 31.2 Å². The molecule has 0 aliphatic rings. The first kappa shape index (κ1) is 18.2. The zero-order chi connectivity index (χ0) is 18.4. The van der Waals surface area contributed by atoms with Gasteiger partial charge in [0.25, 0.3) is 0 Å². The van der Waals surface area contributed by atoms with Gasteiger partial charge in [-0.05, 0) is 40.5 Å². The third-order valence-corrected chi connectivity index (χ3v) is 4.84. The van der Waals surface area contributed by atoms with Crippen LogP contribution in [0.25, 0.3) is 0 Å². The number of hydrogen-bond donors (Lipinski definition) is 2. The molecule has 0 aliphatic carbocycles. The largest absolute Gasteiger partial charge is 0.368 e. The number of amides is 1. The predicted molar refractivity (Wildman–Crippen MR) is 104 cm³/mol. The highest BCUT2D eigenvalue weighted by atomic mass is 79.9. The molecule has 26 heavy (non-hydrogen) atoms. The van der Waals surface area contributed by atoms with E-state index in [0.29, 0.717) is 6.54 Å². The Hall–Kier alpha value is -2.57. The van der Waals surface area contributed by atoms with Gasteiger partial charge in [0.2, 0.25) is 5.91 Å². The molecule has 2 aromatic heterocycles. The van der Waals surface area contributed by atoms with Crippen molar-refractivity contribution in [2.75, 3.05) is 0 Å². The van der Waals surface area contributed by atoms with Crippen molar-refractivity contribution in [3.8, 4) is 0 Å². The second-order valence-electron chi connectivity index (χ2n) is 5.92. The average molecular weight is 411 g/mol. The number of nitrogens with one attached hydrogen (secondary N) is 1. The smallest absolute Gasteiger partial charge is 0.239 e. The molecule has 5 nitrogen and oxygen atoms in total. The van der Waals surface area contributed by atoms with Crippen LogP contribution in [0.3, 0.4) is 0 Å². The summed E-state index contributed by atoms with van der Waals surface area (Å²) in [5.41, 5.74) is 9.71. The molecular formula is C20H19BrN4O. The predicted octanol–water partition coefficient (Wildman–Crippen LogP) is 3.15. The van der Waals surface area contributed by atoms with Crippen molar-refractivity contribution in [1.82, 2.24) is 15.3 Å². The molecule has 0 saturated heterocycles. The number of nitrogens with two attached hydrogens (primary N) is 1. The lowest BCUT2D eigenvalue weighted by atomic mass is 10.0. The molecule has 0 spiro atoms. The number of pyridine rings is 2. The van der Waals surface area contributed by atoms with Crippen LogP contribution in [0.15, 0.2) is 71.7 Å². The maximum Gasteiger partial charge on any atom is 0.239 e. The lowest BCUT2D eigenvalue weighted by Crippen LogP contribution is -2.33. The summed E-state index contributed by atoms with van der Waals surface area (Å²) < 4.78 is 0.849. The fourth-order valence-electron chi connectivity index (χ4n) is 2.80. The van der Waals surface area contributed by atoms with Crippen LogP contribution in [0.2, 0.25) is 0 Å². The summed E-state index contributed by atoms with van der Waals surface area (Å²) in [4.78, 5) is 20.4. The molecule has 0 aliphatic heterocycles. The summed E-state index contributed by atoms with van der Waals surface area (Å²) in [6.07, 6.45) is 7.93. The van der Waals surface area contributed by atoms with Gasteiger partial charge in [0.15, 0.2) is 0 Å². The number of aromatic nitrogens is 2. The third kappa shape index (κ3) is 4.53. The molecule has 3 N–H and O–H groups in total. The topological polar surface area (TPSA) is 80.9 Å². The van der Waals surface area contributed by atoms with Gasteiger partial charge in [-0.25, -0.2) is 0 Å². The van der Waals surface area contributed by atoms with Gasteiger partial charge in [0, 0.05) is 42.2 Å². The van der Waals surface area contributed by atoms with E-state index in [0.717, 1.165) is 33.1 Å². The molecular weight excluding hydrogens is 392 g/mol. The number of nitrogens with zero attached hydrogens (tertiary/aromatic N) is 2. The van der Waals surface area contributed by atoms with Crippen LogP contribution in [0.5, 0.6) is 0 Å². The number of halogens is 1. The van der Waals surface area contributed by atoms with Crippen molar-refractivity contribution in [3.05, 3.63) is 94.0 Å².